The number of aliphatic carboxylic acids is 1. The van der Waals surface area contributed by atoms with Crippen LogP contribution in [0.3, 0.4) is 0 Å². The van der Waals surface area contributed by atoms with E-state index in [0.717, 1.165) is 0 Å². The molecule has 1 spiro atoms. The summed E-state index contributed by atoms with van der Waals surface area (Å²) in [6.07, 6.45) is 0.404. The highest BCUT2D eigenvalue weighted by atomic mass is 32.2. The standard InChI is InChI=1S/C12H13NO4S2/c14-11(15)9-7-18-12(13-9)5-6-19(16,17)10-4-2-1-3-8(10)12/h1-4,9,13H,5-7H2,(H,14,15)/t9-,12?/m0/s1. The number of carbonyl (C=O) groups is 1. The van der Waals surface area contributed by atoms with E-state index in [1.165, 1.54) is 11.8 Å². The first-order chi connectivity index (χ1) is 8.95. The zero-order chi connectivity index (χ0) is 13.7. The molecule has 1 saturated heterocycles. The molecule has 0 aliphatic carbocycles. The molecule has 1 aromatic carbocycles. The van der Waals surface area contributed by atoms with Crippen molar-refractivity contribution in [2.75, 3.05) is 11.5 Å². The van der Waals surface area contributed by atoms with Gasteiger partial charge in [-0.2, -0.15) is 0 Å². The third-order valence-corrected chi connectivity index (χ3v) is 6.88. The van der Waals surface area contributed by atoms with Gasteiger partial charge in [0.1, 0.15) is 6.04 Å². The largest absolute Gasteiger partial charge is 0.480 e. The molecule has 2 heterocycles. The molecule has 0 bridgehead atoms. The van der Waals surface area contributed by atoms with Crippen LogP contribution in [0.15, 0.2) is 29.2 Å². The summed E-state index contributed by atoms with van der Waals surface area (Å²) in [5, 5.41) is 12.2. The predicted octanol–water partition coefficient (Wildman–Crippen LogP) is 0.806. The van der Waals surface area contributed by atoms with Gasteiger partial charge in [0.05, 0.1) is 15.5 Å². The molecular weight excluding hydrogens is 286 g/mol. The molecular formula is C12H13NO4S2. The monoisotopic (exact) mass is 299 g/mol. The van der Waals surface area contributed by atoms with Crippen LogP contribution < -0.4 is 5.32 Å². The zero-order valence-corrected chi connectivity index (χ0v) is 11.6. The van der Waals surface area contributed by atoms with Crippen molar-refractivity contribution >= 4 is 27.6 Å². The van der Waals surface area contributed by atoms with Crippen LogP contribution >= 0.6 is 11.8 Å². The lowest BCUT2D eigenvalue weighted by molar-refractivity contribution is -0.138. The minimum atomic E-state index is -3.24. The first kappa shape index (κ1) is 13.0. The molecule has 2 aliphatic rings. The number of hydrogen-bond acceptors (Lipinski definition) is 5. The third-order valence-electron chi connectivity index (χ3n) is 3.58. The topological polar surface area (TPSA) is 83.5 Å². The van der Waals surface area contributed by atoms with E-state index in [1.807, 2.05) is 0 Å². The summed E-state index contributed by atoms with van der Waals surface area (Å²) < 4.78 is 24.2. The SMILES string of the molecule is O=C(O)[C@@H]1CSC2(CCS(=O)(=O)c3ccccc32)N1. The maximum Gasteiger partial charge on any atom is 0.321 e. The molecule has 0 radical (unpaired) electrons. The van der Waals surface area contributed by atoms with Crippen molar-refractivity contribution in [1.29, 1.82) is 0 Å². The van der Waals surface area contributed by atoms with Crippen LogP contribution in [0.4, 0.5) is 0 Å². The van der Waals surface area contributed by atoms with E-state index in [-0.39, 0.29) is 5.75 Å². The quantitative estimate of drug-likeness (QED) is 0.798. The van der Waals surface area contributed by atoms with Crippen molar-refractivity contribution in [2.24, 2.45) is 0 Å². The van der Waals surface area contributed by atoms with Crippen molar-refractivity contribution in [2.45, 2.75) is 22.2 Å². The van der Waals surface area contributed by atoms with E-state index in [9.17, 15) is 13.2 Å². The second kappa shape index (κ2) is 4.22. The molecule has 2 N–H and O–H groups in total. The van der Waals surface area contributed by atoms with E-state index >= 15 is 0 Å². The molecule has 1 fully saturated rings. The van der Waals surface area contributed by atoms with Crippen molar-refractivity contribution in [3.63, 3.8) is 0 Å². The van der Waals surface area contributed by atoms with Gasteiger partial charge >= 0.3 is 5.97 Å². The molecule has 0 saturated carbocycles. The Kier molecular flexibility index (Phi) is 2.88. The summed E-state index contributed by atoms with van der Waals surface area (Å²) in [7, 11) is -3.24. The molecule has 2 aliphatic heterocycles. The lowest BCUT2D eigenvalue weighted by Gasteiger charge is -2.35. The Bertz CT molecular complexity index is 643. The van der Waals surface area contributed by atoms with Gasteiger partial charge in [0, 0.05) is 11.3 Å². The number of benzene rings is 1. The smallest absolute Gasteiger partial charge is 0.321 e. The van der Waals surface area contributed by atoms with Gasteiger partial charge in [-0.1, -0.05) is 18.2 Å². The van der Waals surface area contributed by atoms with E-state index in [0.29, 0.717) is 22.6 Å². The minimum absolute atomic E-state index is 0.0519. The number of nitrogens with one attached hydrogen (secondary N) is 1. The molecule has 2 atom stereocenters. The van der Waals surface area contributed by atoms with Gasteiger partial charge in [-0.25, -0.2) is 8.42 Å². The lowest BCUT2D eigenvalue weighted by Crippen LogP contribution is -2.46. The maximum absolute atomic E-state index is 12.1. The zero-order valence-electron chi connectivity index (χ0n) is 10.00. The van der Waals surface area contributed by atoms with Crippen LogP contribution in [0, 0.1) is 0 Å². The van der Waals surface area contributed by atoms with Crippen molar-refractivity contribution < 1.29 is 18.3 Å². The van der Waals surface area contributed by atoms with Gasteiger partial charge < -0.3 is 5.11 Å². The summed E-state index contributed by atoms with van der Waals surface area (Å²) in [4.78, 5) is 10.8. The Balaban J connectivity index is 2.09. The Morgan fingerprint density at radius 3 is 2.84 bits per heavy atom. The van der Waals surface area contributed by atoms with E-state index in [1.54, 1.807) is 24.3 Å². The average Bonchev–Trinajstić information content (AvgIpc) is 2.81. The highest BCUT2D eigenvalue weighted by Crippen LogP contribution is 2.48. The molecule has 1 aromatic rings. The highest BCUT2D eigenvalue weighted by molar-refractivity contribution is 8.00. The Labute approximate surface area is 115 Å². The Morgan fingerprint density at radius 1 is 1.42 bits per heavy atom. The molecule has 5 nitrogen and oxygen atoms in total. The number of rotatable bonds is 1. The molecule has 19 heavy (non-hydrogen) atoms. The predicted molar refractivity (Wildman–Crippen MR) is 71.8 cm³/mol. The van der Waals surface area contributed by atoms with Crippen LogP contribution in [-0.4, -0.2) is 37.0 Å². The second-order valence-corrected chi connectivity index (χ2v) is 8.13. The van der Waals surface area contributed by atoms with Crippen molar-refractivity contribution in [3.05, 3.63) is 29.8 Å². The van der Waals surface area contributed by atoms with Gasteiger partial charge in [0.2, 0.25) is 0 Å². The first-order valence-electron chi connectivity index (χ1n) is 5.91. The molecule has 3 rings (SSSR count). The summed E-state index contributed by atoms with van der Waals surface area (Å²) >= 11 is 1.49. The summed E-state index contributed by atoms with van der Waals surface area (Å²) in [5.41, 5.74) is 0.690. The fraction of sp³-hybridized carbons (Fsp3) is 0.417. The van der Waals surface area contributed by atoms with Gasteiger partial charge in [0.15, 0.2) is 9.84 Å². The third kappa shape index (κ3) is 1.96. The van der Waals surface area contributed by atoms with Crippen LogP contribution in [0.2, 0.25) is 0 Å². The molecule has 102 valence electrons. The Morgan fingerprint density at radius 2 is 2.16 bits per heavy atom. The molecule has 1 unspecified atom stereocenters. The number of fused-ring (bicyclic) bond motifs is 2. The molecule has 0 aromatic heterocycles. The minimum Gasteiger partial charge on any atom is -0.480 e. The number of carboxylic acid groups (broad SMARTS) is 1. The average molecular weight is 299 g/mol. The molecule has 0 amide bonds. The van der Waals surface area contributed by atoms with Gasteiger partial charge in [-0.3, -0.25) is 10.1 Å². The fourth-order valence-electron chi connectivity index (χ4n) is 2.62. The number of hydrogen-bond donors (Lipinski definition) is 2. The van der Waals surface area contributed by atoms with E-state index < -0.39 is 26.7 Å². The fourth-order valence-corrected chi connectivity index (χ4v) is 5.95. The number of sulfone groups is 1. The summed E-state index contributed by atoms with van der Waals surface area (Å²) in [6.45, 7) is 0. The van der Waals surface area contributed by atoms with Gasteiger partial charge in [-0.15, -0.1) is 11.8 Å². The van der Waals surface area contributed by atoms with Crippen LogP contribution in [0.5, 0.6) is 0 Å². The van der Waals surface area contributed by atoms with Crippen LogP contribution in [0.1, 0.15) is 12.0 Å². The number of thioether (sulfide) groups is 1. The maximum atomic E-state index is 12.1. The number of carboxylic acids is 1. The van der Waals surface area contributed by atoms with E-state index in [4.69, 9.17) is 5.11 Å². The molecule has 7 heteroatoms. The Hall–Kier alpha value is -1.05. The normalized spacial score (nSPS) is 32.1. The van der Waals surface area contributed by atoms with E-state index in [2.05, 4.69) is 5.32 Å². The lowest BCUT2D eigenvalue weighted by atomic mass is 10.0. The summed E-state index contributed by atoms with van der Waals surface area (Å²) in [6, 6.07) is 6.23. The van der Waals surface area contributed by atoms with Gasteiger partial charge in [-0.05, 0) is 12.5 Å². The highest BCUT2D eigenvalue weighted by Gasteiger charge is 2.48. The van der Waals surface area contributed by atoms with Crippen LogP contribution in [-0.2, 0) is 19.5 Å². The van der Waals surface area contributed by atoms with Crippen molar-refractivity contribution in [3.8, 4) is 0 Å². The van der Waals surface area contributed by atoms with Gasteiger partial charge in [0.25, 0.3) is 0 Å². The van der Waals surface area contributed by atoms with Crippen molar-refractivity contribution in [1.82, 2.24) is 5.32 Å². The van der Waals surface area contributed by atoms with Crippen LogP contribution in [0.25, 0.3) is 0 Å². The second-order valence-electron chi connectivity index (χ2n) is 4.74. The first-order valence-corrected chi connectivity index (χ1v) is 8.55. The summed E-state index contributed by atoms with van der Waals surface area (Å²) in [5.74, 6) is -0.393.